The molecule has 154 valence electrons. The van der Waals surface area contributed by atoms with Gasteiger partial charge in [0.1, 0.15) is 6.04 Å². The van der Waals surface area contributed by atoms with Crippen molar-refractivity contribution in [3.63, 3.8) is 0 Å². The summed E-state index contributed by atoms with van der Waals surface area (Å²) in [5.74, 6) is -0.176. The van der Waals surface area contributed by atoms with Crippen molar-refractivity contribution in [3.8, 4) is 0 Å². The lowest BCUT2D eigenvalue weighted by atomic mass is 10.0. The van der Waals surface area contributed by atoms with E-state index in [0.717, 1.165) is 37.0 Å². The zero-order valence-corrected chi connectivity index (χ0v) is 17.0. The van der Waals surface area contributed by atoms with Crippen molar-refractivity contribution < 1.29 is 14.3 Å². The highest BCUT2D eigenvalue weighted by Gasteiger charge is 2.31. The van der Waals surface area contributed by atoms with Gasteiger partial charge >= 0.3 is 0 Å². The molecule has 2 atom stereocenters. The fourth-order valence-corrected chi connectivity index (χ4v) is 3.69. The molecule has 5 heteroatoms. The highest BCUT2D eigenvalue weighted by molar-refractivity contribution is 5.88. The summed E-state index contributed by atoms with van der Waals surface area (Å²) in [4.78, 5) is 28.0. The number of carbonyl (C=O) groups is 2. The lowest BCUT2D eigenvalue weighted by Gasteiger charge is -2.32. The van der Waals surface area contributed by atoms with Crippen molar-refractivity contribution in [1.82, 2.24) is 10.2 Å². The SMILES string of the molecule is CCCC(=O)N(Cc1ccccc1)[C@H](C(=O)NC[C@@H]1CCCO1)c1ccccc1. The minimum Gasteiger partial charge on any atom is -0.376 e. The predicted molar refractivity (Wildman–Crippen MR) is 113 cm³/mol. The molecule has 0 saturated carbocycles. The van der Waals surface area contributed by atoms with Crippen LogP contribution in [0.25, 0.3) is 0 Å². The summed E-state index contributed by atoms with van der Waals surface area (Å²) in [5, 5.41) is 3.03. The maximum atomic E-state index is 13.3. The summed E-state index contributed by atoms with van der Waals surface area (Å²) in [6.07, 6.45) is 3.19. The summed E-state index contributed by atoms with van der Waals surface area (Å²) in [6.45, 7) is 3.60. The van der Waals surface area contributed by atoms with Gasteiger partial charge in [-0.25, -0.2) is 0 Å². The van der Waals surface area contributed by atoms with Gasteiger partial charge in [-0.2, -0.15) is 0 Å². The standard InChI is InChI=1S/C24H30N2O3/c1-2-10-22(27)26(18-19-11-5-3-6-12-19)23(20-13-7-4-8-14-20)24(28)25-17-21-15-9-16-29-21/h3-8,11-14,21,23H,2,9-10,15-18H2,1H3,(H,25,28)/t21-,23-/m0/s1. The fourth-order valence-electron chi connectivity index (χ4n) is 3.69. The van der Waals surface area contributed by atoms with Crippen molar-refractivity contribution in [2.24, 2.45) is 0 Å². The number of ether oxygens (including phenoxy) is 1. The molecule has 1 heterocycles. The average molecular weight is 395 g/mol. The average Bonchev–Trinajstić information content (AvgIpc) is 3.27. The Morgan fingerprint density at radius 2 is 1.79 bits per heavy atom. The Bertz CT molecular complexity index is 773. The molecule has 0 aromatic heterocycles. The Hall–Kier alpha value is -2.66. The molecule has 0 spiro atoms. The van der Waals surface area contributed by atoms with E-state index >= 15 is 0 Å². The second kappa shape index (κ2) is 10.8. The van der Waals surface area contributed by atoms with Gasteiger partial charge in [0.2, 0.25) is 11.8 Å². The van der Waals surface area contributed by atoms with E-state index in [1.807, 2.05) is 67.6 Å². The van der Waals surface area contributed by atoms with Crippen LogP contribution in [-0.2, 0) is 20.9 Å². The number of hydrogen-bond donors (Lipinski definition) is 1. The first-order valence-electron chi connectivity index (χ1n) is 10.5. The first kappa shape index (κ1) is 21.1. The zero-order valence-electron chi connectivity index (χ0n) is 17.0. The normalized spacial score (nSPS) is 16.9. The maximum absolute atomic E-state index is 13.3. The highest BCUT2D eigenvalue weighted by Crippen LogP contribution is 2.25. The molecule has 2 amide bonds. The van der Waals surface area contributed by atoms with Crippen LogP contribution >= 0.6 is 0 Å². The van der Waals surface area contributed by atoms with Gasteiger partial charge in [0.15, 0.2) is 0 Å². The number of nitrogens with zero attached hydrogens (tertiary/aromatic N) is 1. The number of carbonyl (C=O) groups excluding carboxylic acids is 2. The van der Waals surface area contributed by atoms with Crippen LogP contribution in [0.2, 0.25) is 0 Å². The second-order valence-corrected chi connectivity index (χ2v) is 7.45. The van der Waals surface area contributed by atoms with Gasteiger partial charge in [0.25, 0.3) is 0 Å². The Morgan fingerprint density at radius 1 is 1.10 bits per heavy atom. The van der Waals surface area contributed by atoms with E-state index in [9.17, 15) is 9.59 Å². The van der Waals surface area contributed by atoms with Crippen LogP contribution < -0.4 is 5.32 Å². The molecule has 0 bridgehead atoms. The van der Waals surface area contributed by atoms with Gasteiger partial charge in [0.05, 0.1) is 6.10 Å². The smallest absolute Gasteiger partial charge is 0.247 e. The Labute approximate surface area is 173 Å². The van der Waals surface area contributed by atoms with Crippen molar-refractivity contribution in [1.29, 1.82) is 0 Å². The zero-order chi connectivity index (χ0) is 20.5. The fraction of sp³-hybridized carbons (Fsp3) is 0.417. The molecule has 1 saturated heterocycles. The molecule has 29 heavy (non-hydrogen) atoms. The summed E-state index contributed by atoms with van der Waals surface area (Å²) in [5.41, 5.74) is 1.82. The van der Waals surface area contributed by atoms with E-state index in [1.165, 1.54) is 0 Å². The van der Waals surface area contributed by atoms with Gasteiger partial charge in [-0.3, -0.25) is 9.59 Å². The van der Waals surface area contributed by atoms with Gasteiger partial charge in [-0.05, 0) is 30.4 Å². The molecule has 2 aromatic rings. The third kappa shape index (κ3) is 5.91. The van der Waals surface area contributed by atoms with Crippen LogP contribution in [0.3, 0.4) is 0 Å². The molecule has 1 fully saturated rings. The van der Waals surface area contributed by atoms with Gasteiger partial charge in [-0.1, -0.05) is 67.6 Å². The van der Waals surface area contributed by atoms with Crippen molar-refractivity contribution in [2.75, 3.05) is 13.2 Å². The molecule has 0 unspecified atom stereocenters. The van der Waals surface area contributed by atoms with Crippen molar-refractivity contribution in [3.05, 3.63) is 71.8 Å². The minimum atomic E-state index is -0.670. The van der Waals surface area contributed by atoms with E-state index in [2.05, 4.69) is 5.32 Å². The van der Waals surface area contributed by atoms with Crippen LogP contribution in [0, 0.1) is 0 Å². The van der Waals surface area contributed by atoms with Gasteiger partial charge in [0, 0.05) is 26.1 Å². The number of nitrogens with one attached hydrogen (secondary N) is 1. The van der Waals surface area contributed by atoms with Crippen LogP contribution in [0.15, 0.2) is 60.7 Å². The van der Waals surface area contributed by atoms with E-state index in [4.69, 9.17) is 4.74 Å². The van der Waals surface area contributed by atoms with E-state index in [-0.39, 0.29) is 17.9 Å². The minimum absolute atomic E-state index is 0.0162. The Balaban J connectivity index is 1.86. The van der Waals surface area contributed by atoms with E-state index in [1.54, 1.807) is 4.90 Å². The Morgan fingerprint density at radius 3 is 2.41 bits per heavy atom. The topological polar surface area (TPSA) is 58.6 Å². The Kier molecular flexibility index (Phi) is 7.82. The number of hydrogen-bond acceptors (Lipinski definition) is 3. The maximum Gasteiger partial charge on any atom is 0.247 e. The van der Waals surface area contributed by atoms with Crippen LogP contribution in [0.1, 0.15) is 49.8 Å². The monoisotopic (exact) mass is 394 g/mol. The van der Waals surface area contributed by atoms with Crippen LogP contribution in [-0.4, -0.2) is 36.0 Å². The largest absolute Gasteiger partial charge is 0.376 e. The van der Waals surface area contributed by atoms with E-state index in [0.29, 0.717) is 19.5 Å². The summed E-state index contributed by atoms with van der Waals surface area (Å²) >= 11 is 0. The summed E-state index contributed by atoms with van der Waals surface area (Å²) in [6, 6.07) is 18.7. The lowest BCUT2D eigenvalue weighted by Crippen LogP contribution is -2.45. The molecule has 2 aromatic carbocycles. The van der Waals surface area contributed by atoms with Crippen molar-refractivity contribution >= 4 is 11.8 Å². The lowest BCUT2D eigenvalue weighted by molar-refractivity contribution is -0.141. The molecule has 1 N–H and O–H groups in total. The molecular weight excluding hydrogens is 364 g/mol. The molecule has 1 aliphatic heterocycles. The van der Waals surface area contributed by atoms with Crippen molar-refractivity contribution in [2.45, 2.75) is 51.3 Å². The number of benzene rings is 2. The molecule has 5 nitrogen and oxygen atoms in total. The first-order valence-corrected chi connectivity index (χ1v) is 10.5. The number of amides is 2. The molecule has 1 aliphatic rings. The van der Waals surface area contributed by atoms with Crippen LogP contribution in [0.5, 0.6) is 0 Å². The summed E-state index contributed by atoms with van der Waals surface area (Å²) in [7, 11) is 0. The van der Waals surface area contributed by atoms with Gasteiger partial charge in [-0.15, -0.1) is 0 Å². The highest BCUT2D eigenvalue weighted by atomic mass is 16.5. The third-order valence-corrected chi connectivity index (χ3v) is 5.18. The number of rotatable bonds is 9. The van der Waals surface area contributed by atoms with Gasteiger partial charge < -0.3 is 15.0 Å². The quantitative estimate of drug-likeness (QED) is 0.703. The second-order valence-electron chi connectivity index (χ2n) is 7.45. The predicted octanol–water partition coefficient (Wildman–Crippen LogP) is 3.85. The third-order valence-electron chi connectivity index (χ3n) is 5.18. The first-order chi connectivity index (χ1) is 14.2. The van der Waals surface area contributed by atoms with Crippen LogP contribution in [0.4, 0.5) is 0 Å². The molecular formula is C24H30N2O3. The summed E-state index contributed by atoms with van der Waals surface area (Å²) < 4.78 is 5.64. The van der Waals surface area contributed by atoms with E-state index < -0.39 is 6.04 Å². The molecule has 0 aliphatic carbocycles. The molecule has 0 radical (unpaired) electrons. The molecule has 3 rings (SSSR count).